The molecule has 0 aromatic rings. The van der Waals surface area contributed by atoms with Gasteiger partial charge in [0, 0.05) is 38.6 Å². The Labute approximate surface area is 128 Å². The standard InChI is InChI=1S/C16H31N3O2/c17-15-4-1-3-14(13-15)5-6-16(21)19-8-2-7-18(9-10-19)11-12-20/h14-15,20H,1-13,17H2. The molecule has 5 heteroatoms. The van der Waals surface area contributed by atoms with Crippen LogP contribution in [0, 0.1) is 5.92 Å². The van der Waals surface area contributed by atoms with E-state index in [0.29, 0.717) is 24.3 Å². The van der Waals surface area contributed by atoms with E-state index in [0.717, 1.165) is 58.4 Å². The van der Waals surface area contributed by atoms with Crippen LogP contribution < -0.4 is 5.73 Å². The van der Waals surface area contributed by atoms with E-state index in [1.807, 2.05) is 4.90 Å². The predicted octanol–water partition coefficient (Wildman–Crippen LogP) is 0.811. The highest BCUT2D eigenvalue weighted by Gasteiger charge is 2.22. The molecule has 2 fully saturated rings. The largest absolute Gasteiger partial charge is 0.395 e. The summed E-state index contributed by atoms with van der Waals surface area (Å²) in [5.74, 6) is 0.954. The van der Waals surface area contributed by atoms with Gasteiger partial charge in [-0.05, 0) is 38.1 Å². The fourth-order valence-corrected chi connectivity index (χ4v) is 3.67. The average Bonchev–Trinajstić information content (AvgIpc) is 2.71. The third-order valence-electron chi connectivity index (χ3n) is 4.95. The number of hydrogen-bond donors (Lipinski definition) is 2. The summed E-state index contributed by atoms with van der Waals surface area (Å²) in [5.41, 5.74) is 6.02. The first-order chi connectivity index (χ1) is 10.2. The number of hydrogen-bond acceptors (Lipinski definition) is 4. The number of β-amino-alcohol motifs (C(OH)–C–C–N with tert-alkyl or cyclic N) is 1. The monoisotopic (exact) mass is 297 g/mol. The Balaban J connectivity index is 1.70. The zero-order valence-electron chi connectivity index (χ0n) is 13.2. The molecule has 21 heavy (non-hydrogen) atoms. The lowest BCUT2D eigenvalue weighted by Gasteiger charge is -2.27. The van der Waals surface area contributed by atoms with Gasteiger partial charge in [0.2, 0.25) is 5.91 Å². The first kappa shape index (κ1) is 16.7. The second kappa shape index (κ2) is 8.71. The maximum atomic E-state index is 12.4. The number of aliphatic hydroxyl groups is 1. The van der Waals surface area contributed by atoms with Gasteiger partial charge in [0.05, 0.1) is 6.61 Å². The Morgan fingerprint density at radius 2 is 2.00 bits per heavy atom. The van der Waals surface area contributed by atoms with E-state index >= 15 is 0 Å². The Bertz CT molecular complexity index is 325. The molecule has 2 rings (SSSR count). The average molecular weight is 297 g/mol. The van der Waals surface area contributed by atoms with Crippen molar-refractivity contribution in [2.24, 2.45) is 11.7 Å². The van der Waals surface area contributed by atoms with Crippen LogP contribution in [0.5, 0.6) is 0 Å². The van der Waals surface area contributed by atoms with E-state index in [2.05, 4.69) is 4.90 Å². The van der Waals surface area contributed by atoms with E-state index in [-0.39, 0.29) is 6.61 Å². The van der Waals surface area contributed by atoms with Crippen LogP contribution >= 0.6 is 0 Å². The normalized spacial score (nSPS) is 28.4. The van der Waals surface area contributed by atoms with Crippen molar-refractivity contribution in [3.8, 4) is 0 Å². The number of amides is 1. The minimum atomic E-state index is 0.204. The van der Waals surface area contributed by atoms with E-state index in [1.165, 1.54) is 12.8 Å². The minimum absolute atomic E-state index is 0.204. The maximum absolute atomic E-state index is 12.4. The Kier molecular flexibility index (Phi) is 6.93. The van der Waals surface area contributed by atoms with E-state index in [9.17, 15) is 4.79 Å². The lowest BCUT2D eigenvalue weighted by Crippen LogP contribution is -2.36. The molecule has 1 saturated heterocycles. The minimum Gasteiger partial charge on any atom is -0.395 e. The summed E-state index contributed by atoms with van der Waals surface area (Å²) in [6, 6.07) is 0.351. The summed E-state index contributed by atoms with van der Waals surface area (Å²) in [6.45, 7) is 4.48. The number of nitrogens with two attached hydrogens (primary N) is 1. The molecule has 0 aromatic carbocycles. The van der Waals surface area contributed by atoms with Crippen LogP contribution in [-0.2, 0) is 4.79 Å². The van der Waals surface area contributed by atoms with Gasteiger partial charge in [0.1, 0.15) is 0 Å². The van der Waals surface area contributed by atoms with Crippen molar-refractivity contribution in [2.45, 2.75) is 51.0 Å². The van der Waals surface area contributed by atoms with Crippen molar-refractivity contribution in [3.05, 3.63) is 0 Å². The quantitative estimate of drug-likeness (QED) is 0.788. The van der Waals surface area contributed by atoms with Crippen LogP contribution in [-0.4, -0.2) is 66.2 Å². The van der Waals surface area contributed by atoms with Gasteiger partial charge in [0.15, 0.2) is 0 Å². The highest BCUT2D eigenvalue weighted by molar-refractivity contribution is 5.76. The van der Waals surface area contributed by atoms with Gasteiger partial charge in [0.25, 0.3) is 0 Å². The number of carbonyl (C=O) groups excluding carboxylic acids is 1. The summed E-state index contributed by atoms with van der Waals surface area (Å²) in [4.78, 5) is 16.6. The van der Waals surface area contributed by atoms with E-state index < -0.39 is 0 Å². The molecule has 1 heterocycles. The van der Waals surface area contributed by atoms with Gasteiger partial charge in [-0.2, -0.15) is 0 Å². The molecule has 1 aliphatic heterocycles. The topological polar surface area (TPSA) is 69.8 Å². The summed E-state index contributed by atoms with van der Waals surface area (Å²) >= 11 is 0. The third kappa shape index (κ3) is 5.57. The fraction of sp³-hybridized carbons (Fsp3) is 0.938. The highest BCUT2D eigenvalue weighted by Crippen LogP contribution is 2.27. The smallest absolute Gasteiger partial charge is 0.222 e. The van der Waals surface area contributed by atoms with Gasteiger partial charge in [-0.3, -0.25) is 9.69 Å². The van der Waals surface area contributed by atoms with Crippen molar-refractivity contribution in [1.82, 2.24) is 9.80 Å². The maximum Gasteiger partial charge on any atom is 0.222 e. The predicted molar refractivity (Wildman–Crippen MR) is 83.9 cm³/mol. The number of rotatable bonds is 5. The van der Waals surface area contributed by atoms with Gasteiger partial charge >= 0.3 is 0 Å². The molecule has 0 bridgehead atoms. The highest BCUT2D eigenvalue weighted by atomic mass is 16.3. The molecule has 0 radical (unpaired) electrons. The SMILES string of the molecule is NC1CCCC(CCC(=O)N2CCCN(CCO)CC2)C1. The third-order valence-corrected chi connectivity index (χ3v) is 4.95. The number of nitrogens with zero attached hydrogens (tertiary/aromatic N) is 2. The molecule has 1 amide bonds. The van der Waals surface area contributed by atoms with Crippen molar-refractivity contribution >= 4 is 5.91 Å². The molecule has 0 aromatic heterocycles. The molecule has 5 nitrogen and oxygen atoms in total. The molecular formula is C16H31N3O2. The van der Waals surface area contributed by atoms with Crippen molar-refractivity contribution in [2.75, 3.05) is 39.3 Å². The summed E-state index contributed by atoms with van der Waals surface area (Å²) < 4.78 is 0. The molecule has 0 spiro atoms. The summed E-state index contributed by atoms with van der Waals surface area (Å²) in [5, 5.41) is 9.00. The van der Waals surface area contributed by atoms with Crippen molar-refractivity contribution < 1.29 is 9.90 Å². The van der Waals surface area contributed by atoms with Crippen LogP contribution in [0.25, 0.3) is 0 Å². The van der Waals surface area contributed by atoms with Gasteiger partial charge in [-0.1, -0.05) is 12.8 Å². The molecule has 1 aliphatic carbocycles. The summed E-state index contributed by atoms with van der Waals surface area (Å²) in [6.07, 6.45) is 7.40. The molecule has 3 N–H and O–H groups in total. The van der Waals surface area contributed by atoms with Gasteiger partial charge in [-0.15, -0.1) is 0 Å². The first-order valence-electron chi connectivity index (χ1n) is 8.55. The van der Waals surface area contributed by atoms with Crippen LogP contribution in [0.3, 0.4) is 0 Å². The van der Waals surface area contributed by atoms with Crippen molar-refractivity contribution in [1.29, 1.82) is 0 Å². The molecule has 1 saturated carbocycles. The first-order valence-corrected chi connectivity index (χ1v) is 8.55. The molecule has 2 aliphatic rings. The zero-order chi connectivity index (χ0) is 15.1. The Hall–Kier alpha value is -0.650. The van der Waals surface area contributed by atoms with Crippen molar-refractivity contribution in [3.63, 3.8) is 0 Å². The molecular weight excluding hydrogens is 266 g/mol. The Morgan fingerprint density at radius 1 is 1.14 bits per heavy atom. The van der Waals surface area contributed by atoms with Crippen LogP contribution in [0.15, 0.2) is 0 Å². The Morgan fingerprint density at radius 3 is 2.76 bits per heavy atom. The van der Waals surface area contributed by atoms with Crippen LogP contribution in [0.1, 0.15) is 44.9 Å². The lowest BCUT2D eigenvalue weighted by molar-refractivity contribution is -0.131. The van der Waals surface area contributed by atoms with E-state index in [1.54, 1.807) is 0 Å². The van der Waals surface area contributed by atoms with Gasteiger partial charge < -0.3 is 15.7 Å². The van der Waals surface area contributed by atoms with Crippen LogP contribution in [0.4, 0.5) is 0 Å². The molecule has 2 atom stereocenters. The fourth-order valence-electron chi connectivity index (χ4n) is 3.67. The number of carbonyl (C=O) groups is 1. The summed E-state index contributed by atoms with van der Waals surface area (Å²) in [7, 11) is 0. The van der Waals surface area contributed by atoms with E-state index in [4.69, 9.17) is 10.8 Å². The molecule has 122 valence electrons. The lowest BCUT2D eigenvalue weighted by atomic mass is 9.83. The molecule has 2 unspecified atom stereocenters. The zero-order valence-corrected chi connectivity index (χ0v) is 13.2. The van der Waals surface area contributed by atoms with Crippen LogP contribution in [0.2, 0.25) is 0 Å². The number of aliphatic hydroxyl groups excluding tert-OH is 1. The van der Waals surface area contributed by atoms with Gasteiger partial charge in [-0.25, -0.2) is 0 Å². The second-order valence-electron chi connectivity index (χ2n) is 6.63. The second-order valence-corrected chi connectivity index (χ2v) is 6.63.